The van der Waals surface area contributed by atoms with Crippen LogP contribution in [-0.4, -0.2) is 64.3 Å². The predicted octanol–water partition coefficient (Wildman–Crippen LogP) is 0.956. The lowest BCUT2D eigenvalue weighted by Crippen LogP contribution is -2.41. The van der Waals surface area contributed by atoms with Gasteiger partial charge >= 0.3 is 0 Å². The summed E-state index contributed by atoms with van der Waals surface area (Å²) in [6, 6.07) is 2.50. The van der Waals surface area contributed by atoms with Gasteiger partial charge in [-0.1, -0.05) is 0 Å². The highest BCUT2D eigenvalue weighted by atomic mass is 16.5. The van der Waals surface area contributed by atoms with Gasteiger partial charge in [0.05, 0.1) is 25.4 Å². The van der Waals surface area contributed by atoms with Crippen LogP contribution in [0.4, 0.5) is 11.6 Å². The van der Waals surface area contributed by atoms with Gasteiger partial charge in [-0.3, -0.25) is 4.90 Å². The molecule has 0 amide bonds. The van der Waals surface area contributed by atoms with Crippen molar-refractivity contribution in [2.24, 2.45) is 0 Å². The number of hydrogen-bond acceptors (Lipinski definition) is 7. The molecule has 1 saturated heterocycles. The van der Waals surface area contributed by atoms with Crippen LogP contribution in [0.25, 0.3) is 0 Å². The number of nitrogens with zero attached hydrogens (tertiary/aromatic N) is 6. The van der Waals surface area contributed by atoms with Crippen LogP contribution in [0.1, 0.15) is 17.9 Å². The molecule has 0 bridgehead atoms. The highest BCUT2D eigenvalue weighted by molar-refractivity contribution is 5.47. The maximum absolute atomic E-state index is 5.52. The lowest BCUT2D eigenvalue weighted by molar-refractivity contribution is 0.121. The van der Waals surface area contributed by atoms with Crippen LogP contribution in [0.15, 0.2) is 18.6 Å². The minimum absolute atomic E-state index is 0.553. The Morgan fingerprint density at radius 1 is 1.32 bits per heavy atom. The Bertz CT molecular complexity index is 724. The molecule has 4 rings (SSSR count). The molecule has 4 heterocycles. The second-order valence-electron chi connectivity index (χ2n) is 6.84. The summed E-state index contributed by atoms with van der Waals surface area (Å²) < 4.78 is 7.80. The number of imidazole rings is 1. The zero-order chi connectivity index (χ0) is 17.2. The van der Waals surface area contributed by atoms with Gasteiger partial charge in [-0.25, -0.2) is 15.0 Å². The third-order valence-electron chi connectivity index (χ3n) is 4.87. The van der Waals surface area contributed by atoms with Crippen LogP contribution < -0.4 is 10.2 Å². The van der Waals surface area contributed by atoms with Gasteiger partial charge < -0.3 is 19.5 Å². The van der Waals surface area contributed by atoms with E-state index in [9.17, 15) is 0 Å². The summed E-state index contributed by atoms with van der Waals surface area (Å²) in [6.07, 6.45) is 4.87. The number of anilines is 2. The summed E-state index contributed by atoms with van der Waals surface area (Å²) in [6.45, 7) is 5.39. The first kappa shape index (κ1) is 16.3. The average molecular weight is 343 g/mol. The molecule has 2 aromatic rings. The molecule has 0 spiro atoms. The molecule has 2 aromatic heterocycles. The Hall–Kier alpha value is -2.19. The molecule has 134 valence electrons. The Kier molecular flexibility index (Phi) is 4.54. The van der Waals surface area contributed by atoms with Crippen LogP contribution in [0.3, 0.4) is 0 Å². The van der Waals surface area contributed by atoms with Gasteiger partial charge in [0.15, 0.2) is 0 Å². The number of ether oxygens (including phenoxy) is 1. The molecule has 0 aliphatic carbocycles. The van der Waals surface area contributed by atoms with Crippen molar-refractivity contribution in [3.63, 3.8) is 0 Å². The minimum atomic E-state index is 0.553. The maximum Gasteiger partial charge on any atom is 0.133 e. The number of rotatable bonds is 5. The predicted molar refractivity (Wildman–Crippen MR) is 95.5 cm³/mol. The Morgan fingerprint density at radius 3 is 3.04 bits per heavy atom. The van der Waals surface area contributed by atoms with E-state index in [0.29, 0.717) is 12.6 Å². The van der Waals surface area contributed by atoms with E-state index >= 15 is 0 Å². The molecule has 8 nitrogen and oxygen atoms in total. The van der Waals surface area contributed by atoms with Crippen LogP contribution in [0.5, 0.6) is 0 Å². The van der Waals surface area contributed by atoms with Gasteiger partial charge in [0.1, 0.15) is 23.8 Å². The van der Waals surface area contributed by atoms with Crippen LogP contribution in [0.2, 0.25) is 0 Å². The second kappa shape index (κ2) is 6.97. The summed E-state index contributed by atoms with van der Waals surface area (Å²) in [5.41, 5.74) is 1.05. The fourth-order valence-corrected chi connectivity index (χ4v) is 3.41. The first-order chi connectivity index (χ1) is 12.2. The molecule has 0 unspecified atom stereocenters. The number of hydrogen-bond donors (Lipinski definition) is 1. The average Bonchev–Trinajstić information content (AvgIpc) is 3.28. The van der Waals surface area contributed by atoms with E-state index in [1.807, 2.05) is 25.1 Å². The van der Waals surface area contributed by atoms with E-state index in [1.165, 1.54) is 0 Å². The van der Waals surface area contributed by atoms with Gasteiger partial charge in [-0.05, 0) is 6.42 Å². The molecule has 0 radical (unpaired) electrons. The quantitative estimate of drug-likeness (QED) is 0.867. The Morgan fingerprint density at radius 2 is 2.24 bits per heavy atom. The van der Waals surface area contributed by atoms with Crippen molar-refractivity contribution in [2.45, 2.75) is 32.1 Å². The molecule has 8 heteroatoms. The molecule has 0 aromatic carbocycles. The molecule has 25 heavy (non-hydrogen) atoms. The van der Waals surface area contributed by atoms with Gasteiger partial charge in [0, 0.05) is 52.1 Å². The molecular weight excluding hydrogens is 318 g/mol. The summed E-state index contributed by atoms with van der Waals surface area (Å²) >= 11 is 0. The van der Waals surface area contributed by atoms with Crippen molar-refractivity contribution in [1.82, 2.24) is 24.4 Å². The topological polar surface area (TPSA) is 71.3 Å². The highest BCUT2D eigenvalue weighted by Gasteiger charge is 2.27. The standard InChI is InChI=1S/C17H25N7O/c1-22(2)16-7-15(19-12-20-16)18-8-13-9-24-5-4-23(10-17(24)21-13)14-3-6-25-11-14/h7,9,12,14H,3-6,8,10-11H2,1-2H3,(H,18,19,20)/t14-/m0/s1. The summed E-state index contributed by atoms with van der Waals surface area (Å²) in [7, 11) is 3.94. The molecule has 1 atom stereocenters. The van der Waals surface area contributed by atoms with Gasteiger partial charge in [-0.2, -0.15) is 0 Å². The van der Waals surface area contributed by atoms with Crippen molar-refractivity contribution in [3.8, 4) is 0 Å². The van der Waals surface area contributed by atoms with E-state index in [1.54, 1.807) is 6.33 Å². The first-order valence-corrected chi connectivity index (χ1v) is 8.79. The van der Waals surface area contributed by atoms with Gasteiger partial charge in [0.2, 0.25) is 0 Å². The zero-order valence-corrected chi connectivity index (χ0v) is 14.9. The van der Waals surface area contributed by atoms with Crippen molar-refractivity contribution >= 4 is 11.6 Å². The van der Waals surface area contributed by atoms with Gasteiger partial charge in [-0.15, -0.1) is 0 Å². The summed E-state index contributed by atoms with van der Waals surface area (Å²) in [5.74, 6) is 2.84. The summed E-state index contributed by atoms with van der Waals surface area (Å²) in [5, 5.41) is 3.34. The third kappa shape index (κ3) is 3.59. The largest absolute Gasteiger partial charge is 0.380 e. The van der Waals surface area contributed by atoms with E-state index in [4.69, 9.17) is 9.72 Å². The molecular formula is C17H25N7O. The van der Waals surface area contributed by atoms with E-state index in [-0.39, 0.29) is 0 Å². The minimum Gasteiger partial charge on any atom is -0.380 e. The SMILES string of the molecule is CN(C)c1cc(NCc2cn3c(n2)CN([C@H]2CCOC2)CC3)ncn1. The van der Waals surface area contributed by atoms with Gasteiger partial charge in [0.25, 0.3) is 0 Å². The van der Waals surface area contributed by atoms with Crippen LogP contribution in [0, 0.1) is 0 Å². The highest BCUT2D eigenvalue weighted by Crippen LogP contribution is 2.20. The lowest BCUT2D eigenvalue weighted by atomic mass is 10.2. The summed E-state index contributed by atoms with van der Waals surface area (Å²) in [4.78, 5) is 17.8. The van der Waals surface area contributed by atoms with Crippen molar-refractivity contribution in [1.29, 1.82) is 0 Å². The first-order valence-electron chi connectivity index (χ1n) is 8.79. The molecule has 1 N–H and O–H groups in total. The second-order valence-corrected chi connectivity index (χ2v) is 6.84. The maximum atomic E-state index is 5.52. The van der Waals surface area contributed by atoms with Crippen molar-refractivity contribution in [3.05, 3.63) is 30.1 Å². The zero-order valence-electron chi connectivity index (χ0n) is 14.9. The third-order valence-corrected chi connectivity index (χ3v) is 4.87. The van der Waals surface area contributed by atoms with E-state index in [2.05, 4.69) is 30.9 Å². The molecule has 1 fully saturated rings. The smallest absolute Gasteiger partial charge is 0.133 e. The fourth-order valence-electron chi connectivity index (χ4n) is 3.41. The van der Waals surface area contributed by atoms with E-state index in [0.717, 1.165) is 62.4 Å². The molecule has 2 aliphatic heterocycles. The van der Waals surface area contributed by atoms with Crippen molar-refractivity contribution < 1.29 is 4.74 Å². The Labute approximate surface area is 147 Å². The normalized spacial score (nSPS) is 20.5. The monoisotopic (exact) mass is 343 g/mol. The molecule has 0 saturated carbocycles. The lowest BCUT2D eigenvalue weighted by Gasteiger charge is -2.31. The number of fused-ring (bicyclic) bond motifs is 1. The Balaban J connectivity index is 1.39. The van der Waals surface area contributed by atoms with Crippen molar-refractivity contribution in [2.75, 3.05) is 44.1 Å². The van der Waals surface area contributed by atoms with Crippen LogP contribution in [-0.2, 0) is 24.4 Å². The van der Waals surface area contributed by atoms with E-state index < -0.39 is 0 Å². The fraction of sp³-hybridized carbons (Fsp3) is 0.588. The number of aromatic nitrogens is 4. The molecule has 2 aliphatic rings. The van der Waals surface area contributed by atoms with Crippen LogP contribution >= 0.6 is 0 Å². The number of nitrogens with one attached hydrogen (secondary N) is 1.